The Bertz CT molecular complexity index is 730. The molecule has 2 aliphatic rings. The van der Waals surface area contributed by atoms with E-state index < -0.39 is 11.9 Å². The van der Waals surface area contributed by atoms with Gasteiger partial charge in [0.15, 0.2) is 5.79 Å². The van der Waals surface area contributed by atoms with E-state index in [0.29, 0.717) is 25.3 Å². The second-order valence-electron chi connectivity index (χ2n) is 8.09. The normalized spacial score (nSPS) is 26.2. The largest absolute Gasteiger partial charge is 0.388 e. The zero-order valence-electron chi connectivity index (χ0n) is 16.7. The third-order valence-electron chi connectivity index (χ3n) is 6.38. The molecule has 4 rings (SSSR count). The summed E-state index contributed by atoms with van der Waals surface area (Å²) in [6.07, 6.45) is 4.59. The molecule has 2 saturated heterocycles. The highest BCUT2D eigenvalue weighted by atomic mass is 16.7. The predicted molar refractivity (Wildman–Crippen MR) is 110 cm³/mol. The summed E-state index contributed by atoms with van der Waals surface area (Å²) in [5.74, 6) is -0.639. The number of rotatable bonds is 6. The van der Waals surface area contributed by atoms with Crippen LogP contribution in [0.2, 0.25) is 0 Å². The summed E-state index contributed by atoms with van der Waals surface area (Å²) in [5.41, 5.74) is 2.11. The topological polar surface area (TPSA) is 41.9 Å². The van der Waals surface area contributed by atoms with E-state index >= 15 is 0 Å². The van der Waals surface area contributed by atoms with E-state index in [-0.39, 0.29) is 0 Å². The SMILES string of the molecule is CN1[C@H](C[C@H](O)c2ccccc2)CCC[C@H]1CC1(c2ccccc2)OCCO1. The molecule has 2 aromatic rings. The van der Waals surface area contributed by atoms with Crippen LogP contribution in [0.3, 0.4) is 0 Å². The van der Waals surface area contributed by atoms with E-state index in [1.54, 1.807) is 0 Å². The number of piperidine rings is 1. The lowest BCUT2D eigenvalue weighted by Gasteiger charge is -2.43. The number of hydrogen-bond acceptors (Lipinski definition) is 4. The Morgan fingerprint density at radius 2 is 1.57 bits per heavy atom. The lowest BCUT2D eigenvalue weighted by molar-refractivity contribution is -0.184. The molecule has 150 valence electrons. The van der Waals surface area contributed by atoms with Crippen LogP contribution in [-0.2, 0) is 15.3 Å². The van der Waals surface area contributed by atoms with Crippen molar-refractivity contribution in [2.75, 3.05) is 20.3 Å². The van der Waals surface area contributed by atoms with Crippen molar-refractivity contribution in [3.8, 4) is 0 Å². The highest BCUT2D eigenvalue weighted by Gasteiger charge is 2.43. The fourth-order valence-electron chi connectivity index (χ4n) is 4.75. The Labute approximate surface area is 168 Å². The Kier molecular flexibility index (Phi) is 6.12. The first kappa shape index (κ1) is 19.6. The Morgan fingerprint density at radius 1 is 0.964 bits per heavy atom. The summed E-state index contributed by atoms with van der Waals surface area (Å²) in [6.45, 7) is 1.28. The molecular formula is C24H31NO3. The molecule has 0 bridgehead atoms. The van der Waals surface area contributed by atoms with Crippen LogP contribution in [0.5, 0.6) is 0 Å². The number of likely N-dealkylation sites (tertiary alicyclic amines) is 1. The van der Waals surface area contributed by atoms with Gasteiger partial charge in [0.2, 0.25) is 0 Å². The first-order chi connectivity index (χ1) is 13.7. The maximum atomic E-state index is 10.7. The van der Waals surface area contributed by atoms with Gasteiger partial charge in [0.1, 0.15) is 0 Å². The van der Waals surface area contributed by atoms with Crippen molar-refractivity contribution in [3.05, 3.63) is 71.8 Å². The molecule has 3 atom stereocenters. The molecule has 2 aliphatic heterocycles. The third-order valence-corrected chi connectivity index (χ3v) is 6.38. The van der Waals surface area contributed by atoms with Crippen molar-refractivity contribution in [1.29, 1.82) is 0 Å². The number of aliphatic hydroxyl groups excluding tert-OH is 1. The van der Waals surface area contributed by atoms with Gasteiger partial charge in [-0.1, -0.05) is 67.1 Å². The maximum absolute atomic E-state index is 10.7. The van der Waals surface area contributed by atoms with Gasteiger partial charge < -0.3 is 19.5 Å². The smallest absolute Gasteiger partial charge is 0.196 e. The summed E-state index contributed by atoms with van der Waals surface area (Å²) in [6, 6.07) is 21.1. The number of benzene rings is 2. The summed E-state index contributed by atoms with van der Waals surface area (Å²) < 4.78 is 12.3. The van der Waals surface area contributed by atoms with Gasteiger partial charge in [0.25, 0.3) is 0 Å². The molecule has 2 fully saturated rings. The number of hydrogen-bond donors (Lipinski definition) is 1. The van der Waals surface area contributed by atoms with Gasteiger partial charge in [-0.2, -0.15) is 0 Å². The van der Waals surface area contributed by atoms with Crippen LogP contribution in [0.4, 0.5) is 0 Å². The number of ether oxygens (including phenoxy) is 2. The van der Waals surface area contributed by atoms with Gasteiger partial charge in [-0.3, -0.25) is 0 Å². The molecule has 28 heavy (non-hydrogen) atoms. The Hall–Kier alpha value is -1.72. The van der Waals surface area contributed by atoms with E-state index in [4.69, 9.17) is 9.47 Å². The minimum Gasteiger partial charge on any atom is -0.388 e. The van der Waals surface area contributed by atoms with Crippen LogP contribution in [-0.4, -0.2) is 42.4 Å². The monoisotopic (exact) mass is 381 g/mol. The lowest BCUT2D eigenvalue weighted by atomic mass is 9.86. The van der Waals surface area contributed by atoms with Gasteiger partial charge in [0, 0.05) is 24.1 Å². The van der Waals surface area contributed by atoms with Crippen LogP contribution < -0.4 is 0 Å². The summed E-state index contributed by atoms with van der Waals surface area (Å²) in [4.78, 5) is 2.45. The summed E-state index contributed by atoms with van der Waals surface area (Å²) in [5, 5.41) is 10.7. The van der Waals surface area contributed by atoms with E-state index in [1.807, 2.05) is 48.5 Å². The van der Waals surface area contributed by atoms with E-state index in [0.717, 1.165) is 36.8 Å². The molecule has 0 aliphatic carbocycles. The minimum atomic E-state index is -0.639. The minimum absolute atomic E-state index is 0.364. The highest BCUT2D eigenvalue weighted by Crippen LogP contribution is 2.40. The molecule has 4 nitrogen and oxygen atoms in total. The lowest BCUT2D eigenvalue weighted by Crippen LogP contribution is -2.48. The van der Waals surface area contributed by atoms with Gasteiger partial charge in [-0.15, -0.1) is 0 Å². The molecule has 4 heteroatoms. The van der Waals surface area contributed by atoms with Crippen molar-refractivity contribution in [1.82, 2.24) is 4.90 Å². The zero-order chi connectivity index (χ0) is 19.4. The van der Waals surface area contributed by atoms with Gasteiger partial charge in [-0.25, -0.2) is 0 Å². The van der Waals surface area contributed by atoms with Crippen molar-refractivity contribution < 1.29 is 14.6 Å². The fraction of sp³-hybridized carbons (Fsp3) is 0.500. The molecule has 2 heterocycles. The Morgan fingerprint density at radius 3 is 2.25 bits per heavy atom. The molecule has 0 amide bonds. The predicted octanol–water partition coefficient (Wildman–Crippen LogP) is 4.25. The molecule has 0 spiro atoms. The molecule has 0 unspecified atom stereocenters. The van der Waals surface area contributed by atoms with Crippen molar-refractivity contribution in [3.63, 3.8) is 0 Å². The molecule has 2 aromatic carbocycles. The van der Waals surface area contributed by atoms with Crippen LogP contribution in [0.1, 0.15) is 49.3 Å². The van der Waals surface area contributed by atoms with Gasteiger partial charge in [0.05, 0.1) is 19.3 Å². The zero-order valence-corrected chi connectivity index (χ0v) is 16.7. The van der Waals surface area contributed by atoms with E-state index in [9.17, 15) is 5.11 Å². The van der Waals surface area contributed by atoms with Crippen LogP contribution >= 0.6 is 0 Å². The molecule has 0 aromatic heterocycles. The molecule has 1 N–H and O–H groups in total. The number of nitrogens with zero attached hydrogens (tertiary/aromatic N) is 1. The Balaban J connectivity index is 1.46. The molecular weight excluding hydrogens is 350 g/mol. The van der Waals surface area contributed by atoms with Crippen molar-refractivity contribution in [2.45, 2.75) is 56.1 Å². The van der Waals surface area contributed by atoms with Crippen LogP contribution in [0.15, 0.2) is 60.7 Å². The second-order valence-corrected chi connectivity index (χ2v) is 8.09. The highest BCUT2D eigenvalue weighted by molar-refractivity contribution is 5.22. The van der Waals surface area contributed by atoms with Crippen molar-refractivity contribution >= 4 is 0 Å². The maximum Gasteiger partial charge on any atom is 0.196 e. The standard InChI is InChI=1S/C24H31NO3/c1-25-21(17-23(26)19-9-4-2-5-10-19)13-8-14-22(25)18-24(27-15-16-28-24)20-11-6-3-7-12-20/h2-7,9-12,21-23,26H,8,13-18H2,1H3/t21-,22-,23-/m0/s1. The van der Waals surface area contributed by atoms with Crippen molar-refractivity contribution in [2.24, 2.45) is 0 Å². The molecule has 0 radical (unpaired) electrons. The summed E-state index contributed by atoms with van der Waals surface area (Å²) >= 11 is 0. The van der Waals surface area contributed by atoms with Crippen LogP contribution in [0.25, 0.3) is 0 Å². The van der Waals surface area contributed by atoms with E-state index in [2.05, 4.69) is 24.1 Å². The quantitative estimate of drug-likeness (QED) is 0.812. The average Bonchev–Trinajstić information content (AvgIpc) is 3.22. The third kappa shape index (κ3) is 4.15. The molecule has 0 saturated carbocycles. The summed E-state index contributed by atoms with van der Waals surface area (Å²) in [7, 11) is 2.19. The average molecular weight is 382 g/mol. The van der Waals surface area contributed by atoms with E-state index in [1.165, 1.54) is 6.42 Å². The fourth-order valence-corrected chi connectivity index (χ4v) is 4.75. The van der Waals surface area contributed by atoms with Crippen LogP contribution in [0, 0.1) is 0 Å². The first-order valence-corrected chi connectivity index (χ1v) is 10.5. The first-order valence-electron chi connectivity index (χ1n) is 10.5. The van der Waals surface area contributed by atoms with Gasteiger partial charge >= 0.3 is 0 Å². The number of aliphatic hydroxyl groups is 1. The second kappa shape index (κ2) is 8.75. The van der Waals surface area contributed by atoms with Gasteiger partial charge in [-0.05, 0) is 31.9 Å².